The van der Waals surface area contributed by atoms with Gasteiger partial charge in [-0.05, 0) is 32.1 Å². The van der Waals surface area contributed by atoms with Crippen molar-refractivity contribution >= 4 is 5.91 Å². The van der Waals surface area contributed by atoms with Crippen molar-refractivity contribution in [3.8, 4) is 0 Å². The highest BCUT2D eigenvalue weighted by Gasteiger charge is 2.23. The number of rotatable bonds is 6. The average Bonchev–Trinajstić information content (AvgIpc) is 2.49. The Morgan fingerprint density at radius 2 is 2.40 bits per heavy atom. The molecule has 0 aromatic heterocycles. The monoisotopic (exact) mass is 282 g/mol. The third kappa shape index (κ3) is 4.89. The third-order valence-electron chi connectivity index (χ3n) is 4.06. The van der Waals surface area contributed by atoms with E-state index in [0.29, 0.717) is 26.3 Å². The van der Waals surface area contributed by atoms with E-state index in [9.17, 15) is 9.90 Å². The Morgan fingerprint density at radius 3 is 3.15 bits per heavy atom. The first-order chi connectivity index (χ1) is 9.79. The largest absolute Gasteiger partial charge is 0.395 e. The Morgan fingerprint density at radius 1 is 1.50 bits per heavy atom. The molecule has 2 rings (SSSR count). The lowest BCUT2D eigenvalue weighted by atomic mass is 9.97. The fourth-order valence-electron chi connectivity index (χ4n) is 2.80. The number of hydrogen-bond acceptors (Lipinski definition) is 4. The third-order valence-corrected chi connectivity index (χ3v) is 4.06. The van der Waals surface area contributed by atoms with Crippen LogP contribution in [0.3, 0.4) is 0 Å². The summed E-state index contributed by atoms with van der Waals surface area (Å²) >= 11 is 0. The van der Waals surface area contributed by atoms with Gasteiger partial charge in [0.2, 0.25) is 5.91 Å². The van der Waals surface area contributed by atoms with Crippen LogP contribution in [0.4, 0.5) is 0 Å². The smallest absolute Gasteiger partial charge is 0.234 e. The lowest BCUT2D eigenvalue weighted by Crippen LogP contribution is -2.51. The van der Waals surface area contributed by atoms with Crippen LogP contribution >= 0.6 is 0 Å². The summed E-state index contributed by atoms with van der Waals surface area (Å²) in [5.41, 5.74) is 1.48. The molecule has 1 saturated heterocycles. The molecule has 1 amide bonds. The van der Waals surface area contributed by atoms with Crippen LogP contribution < -0.4 is 5.32 Å². The molecule has 20 heavy (non-hydrogen) atoms. The second-order valence-corrected chi connectivity index (χ2v) is 5.59. The predicted molar refractivity (Wildman–Crippen MR) is 77.4 cm³/mol. The van der Waals surface area contributed by atoms with Crippen molar-refractivity contribution in [3.63, 3.8) is 0 Å². The SMILES string of the molecule is O=C(CN1CCOCC1CO)NCCC1=CCCCC1. The Bertz CT molecular complexity index is 344. The average molecular weight is 282 g/mol. The van der Waals surface area contributed by atoms with Crippen LogP contribution in [0, 0.1) is 0 Å². The maximum atomic E-state index is 11.9. The van der Waals surface area contributed by atoms with E-state index in [0.717, 1.165) is 13.0 Å². The van der Waals surface area contributed by atoms with Crippen molar-refractivity contribution in [2.45, 2.75) is 38.1 Å². The Balaban J connectivity index is 1.65. The summed E-state index contributed by atoms with van der Waals surface area (Å²) in [4.78, 5) is 13.9. The number of allylic oxidation sites excluding steroid dienone is 1. The van der Waals surface area contributed by atoms with Crippen LogP contribution in [-0.4, -0.2) is 61.4 Å². The Labute approximate surface area is 121 Å². The summed E-state index contributed by atoms with van der Waals surface area (Å²) in [6.45, 7) is 2.98. The molecule has 0 radical (unpaired) electrons. The molecule has 1 atom stereocenters. The second-order valence-electron chi connectivity index (χ2n) is 5.59. The van der Waals surface area contributed by atoms with Crippen LogP contribution in [0.2, 0.25) is 0 Å². The molecule has 1 heterocycles. The molecule has 2 N–H and O–H groups in total. The molecule has 0 saturated carbocycles. The van der Waals surface area contributed by atoms with Gasteiger partial charge < -0.3 is 15.2 Å². The minimum atomic E-state index is -0.0458. The number of nitrogens with one attached hydrogen (secondary N) is 1. The molecule has 1 aliphatic carbocycles. The molecule has 114 valence electrons. The number of carbonyl (C=O) groups excluding carboxylic acids is 1. The normalized spacial score (nSPS) is 24.2. The van der Waals surface area contributed by atoms with E-state index in [1.165, 1.54) is 31.3 Å². The first kappa shape index (κ1) is 15.5. The first-order valence-electron chi connectivity index (χ1n) is 7.67. The van der Waals surface area contributed by atoms with Crippen LogP contribution in [0.15, 0.2) is 11.6 Å². The minimum Gasteiger partial charge on any atom is -0.395 e. The zero-order chi connectivity index (χ0) is 14.2. The summed E-state index contributed by atoms with van der Waals surface area (Å²) < 4.78 is 5.30. The number of hydrogen-bond donors (Lipinski definition) is 2. The van der Waals surface area contributed by atoms with Gasteiger partial charge in [0.05, 0.1) is 32.4 Å². The Hall–Kier alpha value is -0.910. The van der Waals surface area contributed by atoms with Gasteiger partial charge in [-0.1, -0.05) is 11.6 Å². The Kier molecular flexibility index (Phi) is 6.50. The highest BCUT2D eigenvalue weighted by Crippen LogP contribution is 2.19. The van der Waals surface area contributed by atoms with Gasteiger partial charge in [-0.2, -0.15) is 0 Å². The number of carbonyl (C=O) groups is 1. The molecule has 0 aromatic carbocycles. The summed E-state index contributed by atoms with van der Waals surface area (Å²) in [5.74, 6) is 0.0433. The van der Waals surface area contributed by atoms with Crippen molar-refractivity contribution in [3.05, 3.63) is 11.6 Å². The molecule has 5 heteroatoms. The van der Waals surface area contributed by atoms with Gasteiger partial charge in [0.25, 0.3) is 0 Å². The zero-order valence-corrected chi connectivity index (χ0v) is 12.1. The van der Waals surface area contributed by atoms with E-state index < -0.39 is 0 Å². The zero-order valence-electron chi connectivity index (χ0n) is 12.1. The van der Waals surface area contributed by atoms with Gasteiger partial charge in [-0.3, -0.25) is 9.69 Å². The molecular formula is C15H26N2O3. The summed E-state index contributed by atoms with van der Waals surface area (Å²) in [6, 6.07) is -0.0458. The van der Waals surface area contributed by atoms with E-state index >= 15 is 0 Å². The van der Waals surface area contributed by atoms with E-state index in [2.05, 4.69) is 11.4 Å². The maximum absolute atomic E-state index is 11.9. The minimum absolute atomic E-state index is 0.0418. The van der Waals surface area contributed by atoms with Crippen molar-refractivity contribution in [2.75, 3.05) is 39.5 Å². The summed E-state index contributed by atoms with van der Waals surface area (Å²) in [5, 5.41) is 12.2. The van der Waals surface area contributed by atoms with Crippen molar-refractivity contribution < 1.29 is 14.6 Å². The molecule has 1 aliphatic heterocycles. The van der Waals surface area contributed by atoms with Crippen molar-refractivity contribution in [1.29, 1.82) is 0 Å². The predicted octanol–water partition coefficient (Wildman–Crippen LogP) is 0.686. The fraction of sp³-hybridized carbons (Fsp3) is 0.800. The lowest BCUT2D eigenvalue weighted by molar-refractivity contribution is -0.125. The lowest BCUT2D eigenvalue weighted by Gasteiger charge is -2.33. The van der Waals surface area contributed by atoms with E-state index in [-0.39, 0.29) is 18.6 Å². The number of aliphatic hydroxyl groups is 1. The van der Waals surface area contributed by atoms with E-state index in [1.807, 2.05) is 4.90 Å². The quantitative estimate of drug-likeness (QED) is 0.704. The van der Waals surface area contributed by atoms with Gasteiger partial charge in [0.1, 0.15) is 0 Å². The van der Waals surface area contributed by atoms with E-state index in [1.54, 1.807) is 0 Å². The molecule has 0 bridgehead atoms. The molecule has 0 spiro atoms. The van der Waals surface area contributed by atoms with Crippen LogP contribution in [0.5, 0.6) is 0 Å². The van der Waals surface area contributed by atoms with Crippen molar-refractivity contribution in [1.82, 2.24) is 10.2 Å². The summed E-state index contributed by atoms with van der Waals surface area (Å²) in [6.07, 6.45) is 8.25. The molecule has 0 aromatic rings. The van der Waals surface area contributed by atoms with Crippen LogP contribution in [-0.2, 0) is 9.53 Å². The number of amides is 1. The van der Waals surface area contributed by atoms with Gasteiger partial charge in [0, 0.05) is 13.1 Å². The number of morpholine rings is 1. The van der Waals surface area contributed by atoms with E-state index in [4.69, 9.17) is 4.74 Å². The number of ether oxygens (including phenoxy) is 1. The van der Waals surface area contributed by atoms with Gasteiger partial charge >= 0.3 is 0 Å². The number of nitrogens with zero attached hydrogens (tertiary/aromatic N) is 1. The summed E-state index contributed by atoms with van der Waals surface area (Å²) in [7, 11) is 0. The second kappa shape index (κ2) is 8.39. The van der Waals surface area contributed by atoms with Crippen LogP contribution in [0.1, 0.15) is 32.1 Å². The molecule has 2 aliphatic rings. The number of aliphatic hydroxyl groups excluding tert-OH is 1. The molecule has 5 nitrogen and oxygen atoms in total. The highest BCUT2D eigenvalue weighted by molar-refractivity contribution is 5.78. The molecular weight excluding hydrogens is 256 g/mol. The topological polar surface area (TPSA) is 61.8 Å². The van der Waals surface area contributed by atoms with Crippen LogP contribution in [0.25, 0.3) is 0 Å². The van der Waals surface area contributed by atoms with Gasteiger partial charge in [-0.15, -0.1) is 0 Å². The first-order valence-corrected chi connectivity index (χ1v) is 7.67. The maximum Gasteiger partial charge on any atom is 0.234 e. The van der Waals surface area contributed by atoms with Gasteiger partial charge in [0.15, 0.2) is 0 Å². The molecule has 1 fully saturated rings. The highest BCUT2D eigenvalue weighted by atomic mass is 16.5. The fourth-order valence-corrected chi connectivity index (χ4v) is 2.80. The van der Waals surface area contributed by atoms with Gasteiger partial charge in [-0.25, -0.2) is 0 Å². The van der Waals surface area contributed by atoms with Crippen molar-refractivity contribution in [2.24, 2.45) is 0 Å². The standard InChI is InChI=1S/C15H26N2O3/c18-11-14-12-20-9-8-17(14)10-15(19)16-7-6-13-4-2-1-3-5-13/h4,14,18H,1-3,5-12H2,(H,16,19). The molecule has 1 unspecified atom stereocenters.